The van der Waals surface area contributed by atoms with Crippen LogP contribution >= 0.6 is 0 Å². The number of pyridine rings is 1. The van der Waals surface area contributed by atoms with Crippen LogP contribution < -0.4 is 15.8 Å². The standard InChI is InChI=1S/C28H26FN7O3/c1-16-4-3-5-21(33-16)27-26(17-7-9-20-23(12-17)34-25(15-32-20)39-11-10-30)35-24(36-27)14-31-22-13-18(28(37)38-2)6-8-19(22)29/h3-9,12-13,15,31H,10-11,14,30H2,1-2H3,(H,35,36). The minimum absolute atomic E-state index is 0.150. The van der Waals surface area contributed by atoms with Crippen LogP contribution in [-0.4, -0.2) is 51.2 Å². The summed E-state index contributed by atoms with van der Waals surface area (Å²) in [6.45, 7) is 2.77. The predicted octanol–water partition coefficient (Wildman–Crippen LogP) is 4.27. The summed E-state index contributed by atoms with van der Waals surface area (Å²) in [6.07, 6.45) is 1.56. The van der Waals surface area contributed by atoms with Crippen molar-refractivity contribution >= 4 is 22.7 Å². The molecule has 5 rings (SSSR count). The van der Waals surface area contributed by atoms with Crippen LogP contribution in [0.15, 0.2) is 60.8 Å². The number of nitrogens with one attached hydrogen (secondary N) is 2. The smallest absolute Gasteiger partial charge is 0.337 e. The highest BCUT2D eigenvalue weighted by Crippen LogP contribution is 2.31. The van der Waals surface area contributed by atoms with Crippen LogP contribution in [0, 0.1) is 12.7 Å². The van der Waals surface area contributed by atoms with E-state index in [1.165, 1.54) is 25.3 Å². The van der Waals surface area contributed by atoms with Crippen molar-refractivity contribution in [2.45, 2.75) is 13.5 Å². The van der Waals surface area contributed by atoms with E-state index in [9.17, 15) is 9.18 Å². The van der Waals surface area contributed by atoms with Crippen LogP contribution in [0.4, 0.5) is 10.1 Å². The van der Waals surface area contributed by atoms with Crippen LogP contribution in [0.25, 0.3) is 33.7 Å². The third kappa shape index (κ3) is 5.68. The highest BCUT2D eigenvalue weighted by atomic mass is 19.1. The van der Waals surface area contributed by atoms with Gasteiger partial charge in [0.1, 0.15) is 23.9 Å². The molecule has 4 N–H and O–H groups in total. The zero-order chi connectivity index (χ0) is 27.4. The summed E-state index contributed by atoms with van der Waals surface area (Å²) in [4.78, 5) is 33.6. The summed E-state index contributed by atoms with van der Waals surface area (Å²) in [5.41, 5.74) is 10.9. The van der Waals surface area contributed by atoms with E-state index < -0.39 is 11.8 Å². The van der Waals surface area contributed by atoms with E-state index in [2.05, 4.69) is 25.3 Å². The number of ether oxygens (including phenoxy) is 2. The number of hydrogen-bond donors (Lipinski definition) is 3. The molecule has 2 aromatic carbocycles. The highest BCUT2D eigenvalue weighted by molar-refractivity contribution is 5.90. The van der Waals surface area contributed by atoms with Crippen molar-refractivity contribution in [3.8, 4) is 28.5 Å². The molecule has 0 bridgehead atoms. The number of carbonyl (C=O) groups is 1. The molecule has 198 valence electrons. The van der Waals surface area contributed by atoms with Gasteiger partial charge in [0.2, 0.25) is 5.88 Å². The molecule has 39 heavy (non-hydrogen) atoms. The van der Waals surface area contributed by atoms with Gasteiger partial charge in [-0.15, -0.1) is 0 Å². The third-order valence-corrected chi connectivity index (χ3v) is 5.89. The Morgan fingerprint density at radius 2 is 1.95 bits per heavy atom. The Bertz CT molecular complexity index is 1650. The zero-order valence-corrected chi connectivity index (χ0v) is 21.4. The first-order valence-electron chi connectivity index (χ1n) is 12.2. The number of fused-ring (bicyclic) bond motifs is 1. The molecule has 3 heterocycles. The number of rotatable bonds is 9. The number of hydrogen-bond acceptors (Lipinski definition) is 9. The summed E-state index contributed by atoms with van der Waals surface area (Å²) in [5, 5.41) is 3.01. The minimum atomic E-state index is -0.554. The number of aromatic amines is 1. The van der Waals surface area contributed by atoms with Crippen LogP contribution in [0.5, 0.6) is 5.88 Å². The average Bonchev–Trinajstić information content (AvgIpc) is 3.39. The number of H-pyrrole nitrogens is 1. The van der Waals surface area contributed by atoms with E-state index in [0.29, 0.717) is 53.0 Å². The summed E-state index contributed by atoms with van der Waals surface area (Å²) in [5.74, 6) is -0.133. The Labute approximate surface area is 223 Å². The quantitative estimate of drug-likeness (QED) is 0.240. The van der Waals surface area contributed by atoms with Gasteiger partial charge in [0.05, 0.1) is 53.5 Å². The Hall–Kier alpha value is -4.90. The van der Waals surface area contributed by atoms with Gasteiger partial charge >= 0.3 is 5.97 Å². The summed E-state index contributed by atoms with van der Waals surface area (Å²) < 4.78 is 24.7. The number of carbonyl (C=O) groups excluding carboxylic acids is 1. The Kier molecular flexibility index (Phi) is 7.41. The topological polar surface area (TPSA) is 141 Å². The van der Waals surface area contributed by atoms with Crippen molar-refractivity contribution in [1.82, 2.24) is 24.9 Å². The first-order chi connectivity index (χ1) is 18.9. The summed E-state index contributed by atoms with van der Waals surface area (Å²) >= 11 is 0. The molecule has 0 saturated carbocycles. The third-order valence-electron chi connectivity index (χ3n) is 5.89. The zero-order valence-electron chi connectivity index (χ0n) is 21.4. The lowest BCUT2D eigenvalue weighted by molar-refractivity contribution is 0.0600. The molecule has 0 aliphatic heterocycles. The van der Waals surface area contributed by atoms with Gasteiger partial charge < -0.3 is 25.5 Å². The fourth-order valence-corrected chi connectivity index (χ4v) is 4.04. The lowest BCUT2D eigenvalue weighted by Gasteiger charge is -2.08. The second-order valence-electron chi connectivity index (χ2n) is 8.66. The van der Waals surface area contributed by atoms with Gasteiger partial charge in [0, 0.05) is 17.8 Å². The number of aryl methyl sites for hydroxylation is 1. The summed E-state index contributed by atoms with van der Waals surface area (Å²) in [7, 11) is 1.27. The number of halogens is 1. The number of aromatic nitrogens is 5. The lowest BCUT2D eigenvalue weighted by Crippen LogP contribution is -2.11. The lowest BCUT2D eigenvalue weighted by atomic mass is 10.1. The number of anilines is 1. The number of esters is 1. The van der Waals surface area contributed by atoms with Gasteiger partial charge in [0.15, 0.2) is 0 Å². The molecule has 0 spiro atoms. The van der Waals surface area contributed by atoms with Crippen molar-refractivity contribution in [2.24, 2.45) is 5.73 Å². The SMILES string of the molecule is COC(=O)c1ccc(F)c(NCc2nc(-c3cccc(C)n3)c(-c3ccc4ncc(OCCN)nc4c3)[nH]2)c1. The van der Waals surface area contributed by atoms with E-state index in [-0.39, 0.29) is 17.8 Å². The molecule has 0 atom stereocenters. The maximum Gasteiger partial charge on any atom is 0.337 e. The highest BCUT2D eigenvalue weighted by Gasteiger charge is 2.17. The maximum atomic E-state index is 14.5. The normalized spacial score (nSPS) is 11.0. The van der Waals surface area contributed by atoms with Gasteiger partial charge in [-0.05, 0) is 49.4 Å². The van der Waals surface area contributed by atoms with Crippen LogP contribution in [-0.2, 0) is 11.3 Å². The van der Waals surface area contributed by atoms with Gasteiger partial charge in [-0.2, -0.15) is 0 Å². The van der Waals surface area contributed by atoms with Gasteiger partial charge in [-0.3, -0.25) is 4.98 Å². The second-order valence-corrected chi connectivity index (χ2v) is 8.66. The summed E-state index contributed by atoms with van der Waals surface area (Å²) in [6, 6.07) is 15.4. The number of benzene rings is 2. The molecule has 0 aliphatic carbocycles. The molecule has 10 nitrogen and oxygen atoms in total. The molecule has 11 heteroatoms. The number of imidazole rings is 1. The molecule has 0 aliphatic rings. The minimum Gasteiger partial charge on any atom is -0.475 e. The largest absolute Gasteiger partial charge is 0.475 e. The van der Waals surface area contributed by atoms with Crippen molar-refractivity contribution in [3.05, 3.63) is 83.7 Å². The number of nitrogens with two attached hydrogens (primary N) is 1. The van der Waals surface area contributed by atoms with Gasteiger partial charge in [0.25, 0.3) is 0 Å². The molecule has 3 aromatic heterocycles. The molecular weight excluding hydrogens is 501 g/mol. The Morgan fingerprint density at radius 3 is 2.74 bits per heavy atom. The fraction of sp³-hybridized carbons (Fsp3) is 0.179. The van der Waals surface area contributed by atoms with E-state index >= 15 is 0 Å². The average molecular weight is 528 g/mol. The van der Waals surface area contributed by atoms with E-state index in [1.807, 2.05) is 43.3 Å². The molecule has 0 amide bonds. The fourth-order valence-electron chi connectivity index (χ4n) is 4.04. The van der Waals surface area contributed by atoms with Crippen molar-refractivity contribution in [1.29, 1.82) is 0 Å². The van der Waals surface area contributed by atoms with Crippen LogP contribution in [0.3, 0.4) is 0 Å². The van der Waals surface area contributed by atoms with Crippen molar-refractivity contribution < 1.29 is 18.7 Å². The molecule has 0 radical (unpaired) electrons. The first kappa shape index (κ1) is 25.7. The van der Waals surface area contributed by atoms with E-state index in [1.54, 1.807) is 6.20 Å². The molecule has 0 unspecified atom stereocenters. The van der Waals surface area contributed by atoms with Gasteiger partial charge in [-0.25, -0.2) is 24.1 Å². The first-order valence-corrected chi connectivity index (χ1v) is 12.2. The number of nitrogens with zero attached hydrogens (tertiary/aromatic N) is 4. The molecule has 0 fully saturated rings. The number of methoxy groups -OCH3 is 1. The van der Waals surface area contributed by atoms with Crippen molar-refractivity contribution in [2.75, 3.05) is 25.6 Å². The monoisotopic (exact) mass is 527 g/mol. The molecular formula is C28H26FN7O3. The van der Waals surface area contributed by atoms with Crippen LogP contribution in [0.1, 0.15) is 21.9 Å². The maximum absolute atomic E-state index is 14.5. The van der Waals surface area contributed by atoms with E-state index in [4.69, 9.17) is 20.2 Å². The molecule has 5 aromatic rings. The molecule has 0 saturated heterocycles. The Balaban J connectivity index is 1.52. The Morgan fingerprint density at radius 1 is 1.08 bits per heavy atom. The van der Waals surface area contributed by atoms with Gasteiger partial charge in [-0.1, -0.05) is 12.1 Å². The van der Waals surface area contributed by atoms with Crippen molar-refractivity contribution in [3.63, 3.8) is 0 Å². The predicted molar refractivity (Wildman–Crippen MR) is 145 cm³/mol. The van der Waals surface area contributed by atoms with Crippen LogP contribution in [0.2, 0.25) is 0 Å². The second kappa shape index (κ2) is 11.2. The van der Waals surface area contributed by atoms with E-state index in [0.717, 1.165) is 11.3 Å².